The van der Waals surface area contributed by atoms with Crippen molar-refractivity contribution in [1.29, 1.82) is 0 Å². The Bertz CT molecular complexity index is 559. The van der Waals surface area contributed by atoms with Gasteiger partial charge in [0, 0.05) is 58.0 Å². The van der Waals surface area contributed by atoms with E-state index in [0.29, 0.717) is 6.04 Å². The van der Waals surface area contributed by atoms with Gasteiger partial charge < -0.3 is 15.5 Å². The fraction of sp³-hybridized carbons (Fsp3) is 0.667. The van der Waals surface area contributed by atoms with Gasteiger partial charge in [-0.1, -0.05) is 31.0 Å². The molecule has 1 unspecified atom stereocenters. The summed E-state index contributed by atoms with van der Waals surface area (Å²) < 4.78 is 0. The molecule has 6 heteroatoms. The molecule has 3 rings (SSSR count). The molecule has 1 aromatic rings. The molecule has 1 aromatic carbocycles. The molecule has 2 N–H and O–H groups in total. The summed E-state index contributed by atoms with van der Waals surface area (Å²) in [4.78, 5) is 9.40. The van der Waals surface area contributed by atoms with Crippen LogP contribution in [0.5, 0.6) is 0 Å². The molecule has 5 nitrogen and oxygen atoms in total. The highest BCUT2D eigenvalue weighted by molar-refractivity contribution is 14.0. The van der Waals surface area contributed by atoms with E-state index in [1.807, 2.05) is 7.05 Å². The summed E-state index contributed by atoms with van der Waals surface area (Å²) in [5.74, 6) is 0.950. The smallest absolute Gasteiger partial charge is 0.191 e. The SMILES string of the molecule is CN=C(NCCCN(C)c1ccccc1)NC1CCN(C2CCCC2)C1.I. The zero-order chi connectivity index (χ0) is 18.2. The number of rotatable bonds is 7. The van der Waals surface area contributed by atoms with Crippen LogP contribution in [-0.4, -0.2) is 63.2 Å². The molecule has 1 aliphatic heterocycles. The lowest BCUT2D eigenvalue weighted by atomic mass is 10.2. The first-order valence-electron chi connectivity index (χ1n) is 10.2. The summed E-state index contributed by atoms with van der Waals surface area (Å²) in [6.45, 7) is 4.38. The first-order valence-corrected chi connectivity index (χ1v) is 10.2. The first kappa shape index (κ1) is 22.3. The number of likely N-dealkylation sites (tertiary alicyclic amines) is 1. The molecular formula is C21H36IN5. The molecule has 0 radical (unpaired) electrons. The molecule has 0 amide bonds. The van der Waals surface area contributed by atoms with Crippen molar-refractivity contribution in [3.8, 4) is 0 Å². The van der Waals surface area contributed by atoms with Crippen molar-refractivity contribution < 1.29 is 0 Å². The van der Waals surface area contributed by atoms with Crippen LogP contribution in [0.25, 0.3) is 0 Å². The normalized spacial score (nSPS) is 21.1. The lowest BCUT2D eigenvalue weighted by Crippen LogP contribution is -2.45. The van der Waals surface area contributed by atoms with Crippen molar-refractivity contribution in [1.82, 2.24) is 15.5 Å². The maximum atomic E-state index is 4.41. The predicted octanol–water partition coefficient (Wildman–Crippen LogP) is 3.31. The number of nitrogens with one attached hydrogen (secondary N) is 2. The van der Waals surface area contributed by atoms with Gasteiger partial charge in [0.2, 0.25) is 0 Å². The fourth-order valence-corrected chi connectivity index (χ4v) is 4.23. The van der Waals surface area contributed by atoms with Crippen LogP contribution in [0.2, 0.25) is 0 Å². The van der Waals surface area contributed by atoms with Crippen molar-refractivity contribution in [3.05, 3.63) is 30.3 Å². The summed E-state index contributed by atoms with van der Waals surface area (Å²) in [6, 6.07) is 11.9. The number of nitrogens with zero attached hydrogens (tertiary/aromatic N) is 3. The van der Waals surface area contributed by atoms with E-state index >= 15 is 0 Å². The van der Waals surface area contributed by atoms with Crippen LogP contribution in [-0.2, 0) is 0 Å². The number of benzene rings is 1. The van der Waals surface area contributed by atoms with Gasteiger partial charge >= 0.3 is 0 Å². The summed E-state index contributed by atoms with van der Waals surface area (Å²) in [5, 5.41) is 7.10. The van der Waals surface area contributed by atoms with Crippen molar-refractivity contribution in [3.63, 3.8) is 0 Å². The molecule has 0 bridgehead atoms. The Morgan fingerprint density at radius 3 is 2.63 bits per heavy atom. The number of guanidine groups is 1. The standard InChI is InChI=1S/C21H35N5.HI/c1-22-21(23-14-8-15-25(2)19-9-4-3-5-10-19)24-18-13-16-26(17-18)20-11-6-7-12-20;/h3-5,9-10,18,20H,6-8,11-17H2,1-2H3,(H2,22,23,24);1H. The monoisotopic (exact) mass is 485 g/mol. The molecule has 0 aromatic heterocycles. The largest absolute Gasteiger partial charge is 0.375 e. The minimum Gasteiger partial charge on any atom is -0.375 e. The third kappa shape index (κ3) is 6.82. The highest BCUT2D eigenvalue weighted by atomic mass is 127. The highest BCUT2D eigenvalue weighted by Crippen LogP contribution is 2.26. The Morgan fingerprint density at radius 1 is 1.19 bits per heavy atom. The number of halogens is 1. The van der Waals surface area contributed by atoms with Crippen LogP contribution in [0.1, 0.15) is 38.5 Å². The van der Waals surface area contributed by atoms with Crippen molar-refractivity contribution in [2.75, 3.05) is 45.2 Å². The minimum atomic E-state index is 0. The van der Waals surface area contributed by atoms with Gasteiger partial charge in [-0.3, -0.25) is 9.89 Å². The van der Waals surface area contributed by atoms with E-state index in [1.165, 1.54) is 50.9 Å². The second-order valence-corrected chi connectivity index (χ2v) is 7.67. The van der Waals surface area contributed by atoms with Crippen LogP contribution in [0.4, 0.5) is 5.69 Å². The Kier molecular flexibility index (Phi) is 9.68. The highest BCUT2D eigenvalue weighted by Gasteiger charge is 2.30. The van der Waals surface area contributed by atoms with E-state index in [1.54, 1.807) is 0 Å². The number of aliphatic imine (C=N–C) groups is 1. The second-order valence-electron chi connectivity index (χ2n) is 7.67. The molecule has 152 valence electrons. The molecule has 2 fully saturated rings. The van der Waals surface area contributed by atoms with Gasteiger partial charge in [0.05, 0.1) is 0 Å². The average Bonchev–Trinajstić information content (AvgIpc) is 3.36. The van der Waals surface area contributed by atoms with Gasteiger partial charge in [0.15, 0.2) is 5.96 Å². The quantitative estimate of drug-likeness (QED) is 0.269. The number of para-hydroxylation sites is 1. The third-order valence-corrected chi connectivity index (χ3v) is 5.78. The van der Waals surface area contributed by atoms with Gasteiger partial charge in [-0.2, -0.15) is 0 Å². The number of hydrogen-bond acceptors (Lipinski definition) is 3. The molecule has 1 saturated carbocycles. The van der Waals surface area contributed by atoms with E-state index in [0.717, 1.165) is 31.5 Å². The van der Waals surface area contributed by atoms with Gasteiger partial charge in [-0.05, 0) is 37.8 Å². The van der Waals surface area contributed by atoms with E-state index in [2.05, 4.69) is 62.8 Å². The van der Waals surface area contributed by atoms with E-state index in [-0.39, 0.29) is 24.0 Å². The zero-order valence-electron chi connectivity index (χ0n) is 16.9. The van der Waals surface area contributed by atoms with Crippen molar-refractivity contribution in [2.24, 2.45) is 4.99 Å². The summed E-state index contributed by atoms with van der Waals surface area (Å²) in [5.41, 5.74) is 1.27. The summed E-state index contributed by atoms with van der Waals surface area (Å²) in [7, 11) is 4.02. The molecule has 1 heterocycles. The Morgan fingerprint density at radius 2 is 1.93 bits per heavy atom. The average molecular weight is 485 g/mol. The van der Waals surface area contributed by atoms with Gasteiger partial charge in [0.25, 0.3) is 0 Å². The third-order valence-electron chi connectivity index (χ3n) is 5.78. The predicted molar refractivity (Wildman–Crippen MR) is 126 cm³/mol. The van der Waals surface area contributed by atoms with Gasteiger partial charge in [-0.25, -0.2) is 0 Å². The van der Waals surface area contributed by atoms with Crippen LogP contribution >= 0.6 is 24.0 Å². The second kappa shape index (κ2) is 11.7. The Labute approximate surface area is 182 Å². The van der Waals surface area contributed by atoms with E-state index in [9.17, 15) is 0 Å². The maximum absolute atomic E-state index is 4.41. The van der Waals surface area contributed by atoms with Crippen LogP contribution in [0.15, 0.2) is 35.3 Å². The van der Waals surface area contributed by atoms with Crippen LogP contribution in [0, 0.1) is 0 Å². The van der Waals surface area contributed by atoms with Crippen molar-refractivity contribution in [2.45, 2.75) is 50.6 Å². The first-order chi connectivity index (χ1) is 12.8. The van der Waals surface area contributed by atoms with E-state index in [4.69, 9.17) is 0 Å². The molecule has 2 aliphatic rings. The Hall–Kier alpha value is -1.02. The molecule has 27 heavy (non-hydrogen) atoms. The maximum Gasteiger partial charge on any atom is 0.191 e. The van der Waals surface area contributed by atoms with E-state index < -0.39 is 0 Å². The molecule has 1 atom stereocenters. The van der Waals surface area contributed by atoms with Crippen LogP contribution < -0.4 is 15.5 Å². The number of hydrogen-bond donors (Lipinski definition) is 2. The lowest BCUT2D eigenvalue weighted by molar-refractivity contribution is 0.242. The summed E-state index contributed by atoms with van der Waals surface area (Å²) in [6.07, 6.45) is 7.95. The van der Waals surface area contributed by atoms with Crippen LogP contribution in [0.3, 0.4) is 0 Å². The molecule has 0 spiro atoms. The fourth-order valence-electron chi connectivity index (χ4n) is 4.23. The topological polar surface area (TPSA) is 42.9 Å². The van der Waals surface area contributed by atoms with Gasteiger partial charge in [0.1, 0.15) is 0 Å². The zero-order valence-corrected chi connectivity index (χ0v) is 19.2. The number of anilines is 1. The minimum absolute atomic E-state index is 0. The Balaban J connectivity index is 0.00000261. The summed E-state index contributed by atoms with van der Waals surface area (Å²) >= 11 is 0. The van der Waals surface area contributed by atoms with Crippen molar-refractivity contribution >= 4 is 35.6 Å². The van der Waals surface area contributed by atoms with Gasteiger partial charge in [-0.15, -0.1) is 24.0 Å². The lowest BCUT2D eigenvalue weighted by Gasteiger charge is -2.24. The molecular weight excluding hydrogens is 449 g/mol. The molecule has 1 aliphatic carbocycles. The molecule has 1 saturated heterocycles.